The summed E-state index contributed by atoms with van der Waals surface area (Å²) in [5.74, 6) is -1.21. The summed E-state index contributed by atoms with van der Waals surface area (Å²) in [5, 5.41) is 11.4. The van der Waals surface area contributed by atoms with Gasteiger partial charge in [0.1, 0.15) is 5.60 Å². The molecule has 30 heavy (non-hydrogen) atoms. The summed E-state index contributed by atoms with van der Waals surface area (Å²) in [6.45, 7) is 5.61. The lowest BCUT2D eigenvalue weighted by Gasteiger charge is -2.19. The van der Waals surface area contributed by atoms with Crippen molar-refractivity contribution in [2.24, 2.45) is 7.05 Å². The van der Waals surface area contributed by atoms with Gasteiger partial charge in [0.25, 0.3) is 0 Å². The molecule has 0 aliphatic carbocycles. The van der Waals surface area contributed by atoms with E-state index >= 15 is 0 Å². The highest BCUT2D eigenvalue weighted by molar-refractivity contribution is 6.06. The number of aromatic nitrogens is 1. The molecule has 0 saturated heterocycles. The van der Waals surface area contributed by atoms with Crippen LogP contribution in [0.25, 0.3) is 12.2 Å². The number of hydrogen-bond acceptors (Lipinski definition) is 4. The summed E-state index contributed by atoms with van der Waals surface area (Å²) in [7, 11) is 1.79. The number of amides is 1. The quantitative estimate of drug-likeness (QED) is 0.530. The largest absolute Gasteiger partial charge is 0.478 e. The molecule has 0 aliphatic heterocycles. The molecule has 1 aromatic carbocycles. The maximum absolute atomic E-state index is 12.5. The minimum atomic E-state index is -1.02. The first-order valence-corrected chi connectivity index (χ1v) is 9.40. The van der Waals surface area contributed by atoms with Gasteiger partial charge in [0, 0.05) is 36.6 Å². The van der Waals surface area contributed by atoms with Crippen molar-refractivity contribution in [2.45, 2.75) is 32.9 Å². The normalized spacial score (nSPS) is 11.7. The summed E-state index contributed by atoms with van der Waals surface area (Å²) >= 11 is 0. The molecule has 0 radical (unpaired) electrons. The van der Waals surface area contributed by atoms with Gasteiger partial charge in [0.15, 0.2) is 5.78 Å². The van der Waals surface area contributed by atoms with Crippen molar-refractivity contribution >= 4 is 30.0 Å². The first kappa shape index (κ1) is 22.7. The number of carboxylic acid groups (broad SMARTS) is 1. The second-order valence-electron chi connectivity index (χ2n) is 7.67. The number of rotatable bonds is 7. The molecule has 1 amide bonds. The van der Waals surface area contributed by atoms with Gasteiger partial charge in [-0.3, -0.25) is 4.79 Å². The van der Waals surface area contributed by atoms with Crippen LogP contribution in [0, 0.1) is 0 Å². The van der Waals surface area contributed by atoms with E-state index in [4.69, 9.17) is 9.84 Å². The standard InChI is InChI=1S/C23H26N2O5/c1-23(2,3)30-22(29)24-15-16-6-5-7-17(14-16)20(26)12-10-18-8-9-19(25(18)4)11-13-21(27)28/h5-14H,15H2,1-4H3,(H,24,29)(H,27,28)/b12-10+,13-11+. The van der Waals surface area contributed by atoms with Crippen LogP contribution in [0.5, 0.6) is 0 Å². The molecule has 0 bridgehead atoms. The minimum absolute atomic E-state index is 0.182. The van der Waals surface area contributed by atoms with Gasteiger partial charge in [0.05, 0.1) is 0 Å². The molecule has 1 aromatic heterocycles. The predicted molar refractivity (Wildman–Crippen MR) is 115 cm³/mol. The van der Waals surface area contributed by atoms with Crippen molar-refractivity contribution < 1.29 is 24.2 Å². The van der Waals surface area contributed by atoms with Crippen molar-refractivity contribution in [3.05, 3.63) is 71.1 Å². The van der Waals surface area contributed by atoms with Crippen LogP contribution >= 0.6 is 0 Å². The van der Waals surface area contributed by atoms with Crippen LogP contribution in [0.15, 0.2) is 48.6 Å². The molecule has 2 N–H and O–H groups in total. The summed E-state index contributed by atoms with van der Waals surface area (Å²) in [6.07, 6.45) is 5.16. The SMILES string of the molecule is Cn1c(/C=C/C(=O)O)ccc1/C=C/C(=O)c1cccc(CNC(=O)OC(C)(C)C)c1. The summed E-state index contributed by atoms with van der Waals surface area (Å²) < 4.78 is 6.98. The number of ether oxygens (including phenoxy) is 1. The Balaban J connectivity index is 2.03. The van der Waals surface area contributed by atoms with E-state index in [0.717, 1.165) is 17.3 Å². The third-order valence-electron chi connectivity index (χ3n) is 4.05. The Hall–Kier alpha value is -3.61. The van der Waals surface area contributed by atoms with Crippen molar-refractivity contribution in [3.8, 4) is 0 Å². The number of carboxylic acids is 1. The second kappa shape index (κ2) is 9.73. The predicted octanol–water partition coefficient (Wildman–Crippen LogP) is 4.04. The van der Waals surface area contributed by atoms with Gasteiger partial charge in [-0.15, -0.1) is 0 Å². The summed E-state index contributed by atoms with van der Waals surface area (Å²) in [6, 6.07) is 10.6. The minimum Gasteiger partial charge on any atom is -0.478 e. The molecule has 7 nitrogen and oxygen atoms in total. The number of nitrogens with one attached hydrogen (secondary N) is 1. The fourth-order valence-electron chi connectivity index (χ4n) is 2.62. The molecule has 0 spiro atoms. The van der Waals surface area contributed by atoms with Gasteiger partial charge in [-0.1, -0.05) is 18.2 Å². The Morgan fingerprint density at radius 1 is 1.07 bits per heavy atom. The van der Waals surface area contributed by atoms with Crippen LogP contribution < -0.4 is 5.32 Å². The van der Waals surface area contributed by atoms with E-state index < -0.39 is 17.7 Å². The molecular weight excluding hydrogens is 384 g/mol. The summed E-state index contributed by atoms with van der Waals surface area (Å²) in [5.41, 5.74) is 2.17. The first-order valence-electron chi connectivity index (χ1n) is 9.40. The van der Waals surface area contributed by atoms with Crippen molar-refractivity contribution in [1.82, 2.24) is 9.88 Å². The Labute approximate surface area is 175 Å². The molecule has 0 saturated carbocycles. The molecule has 1 heterocycles. The Bertz CT molecular complexity index is 993. The maximum atomic E-state index is 12.5. The lowest BCUT2D eigenvalue weighted by atomic mass is 10.1. The van der Waals surface area contributed by atoms with Crippen LogP contribution in [0.4, 0.5) is 4.79 Å². The number of hydrogen-bond donors (Lipinski definition) is 2. The van der Waals surface area contributed by atoms with E-state index in [1.54, 1.807) is 68.8 Å². The third kappa shape index (κ3) is 7.09. The van der Waals surface area contributed by atoms with Crippen molar-refractivity contribution in [1.29, 1.82) is 0 Å². The van der Waals surface area contributed by atoms with E-state index in [0.29, 0.717) is 11.3 Å². The van der Waals surface area contributed by atoms with Crippen molar-refractivity contribution in [3.63, 3.8) is 0 Å². The zero-order chi connectivity index (χ0) is 22.3. The third-order valence-corrected chi connectivity index (χ3v) is 4.05. The zero-order valence-corrected chi connectivity index (χ0v) is 17.5. The molecule has 0 atom stereocenters. The van der Waals surface area contributed by atoms with Gasteiger partial charge in [0.2, 0.25) is 0 Å². The molecule has 158 valence electrons. The van der Waals surface area contributed by atoms with Crippen LogP contribution in [0.2, 0.25) is 0 Å². The van der Waals surface area contributed by atoms with Crippen LogP contribution in [0.3, 0.4) is 0 Å². The van der Waals surface area contributed by atoms with Gasteiger partial charge in [-0.25, -0.2) is 9.59 Å². The topological polar surface area (TPSA) is 97.6 Å². The highest BCUT2D eigenvalue weighted by Crippen LogP contribution is 2.13. The van der Waals surface area contributed by atoms with E-state index in [2.05, 4.69) is 5.32 Å². The van der Waals surface area contributed by atoms with E-state index in [9.17, 15) is 14.4 Å². The molecular formula is C23H26N2O5. The highest BCUT2D eigenvalue weighted by Gasteiger charge is 2.15. The molecule has 0 unspecified atom stereocenters. The lowest BCUT2D eigenvalue weighted by Crippen LogP contribution is -2.32. The number of nitrogens with zero attached hydrogens (tertiary/aromatic N) is 1. The van der Waals surface area contributed by atoms with E-state index in [-0.39, 0.29) is 12.3 Å². The Morgan fingerprint density at radius 3 is 2.30 bits per heavy atom. The Kier molecular flexibility index (Phi) is 7.36. The number of aliphatic carboxylic acids is 1. The fourth-order valence-corrected chi connectivity index (χ4v) is 2.62. The first-order chi connectivity index (χ1) is 14.0. The van der Waals surface area contributed by atoms with Gasteiger partial charge in [-0.05, 0) is 62.8 Å². The second-order valence-corrected chi connectivity index (χ2v) is 7.67. The lowest BCUT2D eigenvalue weighted by molar-refractivity contribution is -0.131. The molecule has 7 heteroatoms. The molecule has 0 aliphatic rings. The number of carbonyl (C=O) groups excluding carboxylic acids is 2. The van der Waals surface area contributed by atoms with E-state index in [1.165, 1.54) is 12.2 Å². The van der Waals surface area contributed by atoms with Gasteiger partial charge < -0.3 is 19.7 Å². The average Bonchev–Trinajstić information content (AvgIpc) is 3.01. The molecule has 0 fully saturated rings. The monoisotopic (exact) mass is 410 g/mol. The van der Waals surface area contributed by atoms with Crippen LogP contribution in [0.1, 0.15) is 48.1 Å². The fraction of sp³-hybridized carbons (Fsp3) is 0.261. The van der Waals surface area contributed by atoms with Crippen molar-refractivity contribution in [2.75, 3.05) is 0 Å². The zero-order valence-electron chi connectivity index (χ0n) is 17.5. The number of alkyl carbamates (subject to hydrolysis) is 1. The number of allylic oxidation sites excluding steroid dienone is 1. The maximum Gasteiger partial charge on any atom is 0.407 e. The number of carbonyl (C=O) groups is 3. The highest BCUT2D eigenvalue weighted by atomic mass is 16.6. The summed E-state index contributed by atoms with van der Waals surface area (Å²) in [4.78, 5) is 35.0. The van der Waals surface area contributed by atoms with Gasteiger partial charge >= 0.3 is 12.1 Å². The average molecular weight is 410 g/mol. The molecule has 2 aromatic rings. The van der Waals surface area contributed by atoms with Crippen LogP contribution in [-0.4, -0.2) is 33.1 Å². The van der Waals surface area contributed by atoms with Crippen LogP contribution in [-0.2, 0) is 23.1 Å². The Morgan fingerprint density at radius 2 is 1.70 bits per heavy atom. The van der Waals surface area contributed by atoms with E-state index in [1.807, 2.05) is 6.07 Å². The molecule has 2 rings (SSSR count). The smallest absolute Gasteiger partial charge is 0.407 e. The number of benzene rings is 1. The van der Waals surface area contributed by atoms with Gasteiger partial charge in [-0.2, -0.15) is 0 Å². The number of ketones is 1.